The van der Waals surface area contributed by atoms with Crippen LogP contribution in [0.1, 0.15) is 316 Å². The summed E-state index contributed by atoms with van der Waals surface area (Å²) < 4.78 is 16.9. The third-order valence-electron chi connectivity index (χ3n) is 14.3. The maximum atomic E-state index is 12.9. The van der Waals surface area contributed by atoms with Gasteiger partial charge in [-0.05, 0) is 109 Å². The summed E-state index contributed by atoms with van der Waals surface area (Å²) in [5.41, 5.74) is 0. The number of ether oxygens (including phenoxy) is 3. The van der Waals surface area contributed by atoms with Gasteiger partial charge in [0.05, 0.1) is 0 Å². The Balaban J connectivity index is 4.41. The van der Waals surface area contributed by atoms with E-state index in [1.165, 1.54) is 141 Å². The third-order valence-corrected chi connectivity index (χ3v) is 14.3. The van der Waals surface area contributed by atoms with Crippen molar-refractivity contribution >= 4 is 17.9 Å². The van der Waals surface area contributed by atoms with Crippen molar-refractivity contribution in [3.63, 3.8) is 0 Å². The second kappa shape index (κ2) is 66.6. The molecule has 0 aliphatic rings. The third kappa shape index (κ3) is 64.8. The molecule has 0 saturated heterocycles. The van der Waals surface area contributed by atoms with Crippen LogP contribution in [0.5, 0.6) is 0 Å². The van der Waals surface area contributed by atoms with Gasteiger partial charge in [0.25, 0.3) is 0 Å². The molecule has 1 unspecified atom stereocenters. The van der Waals surface area contributed by atoms with Gasteiger partial charge in [-0.25, -0.2) is 0 Å². The average Bonchev–Trinajstić information content (AvgIpc) is 3.45. The van der Waals surface area contributed by atoms with Gasteiger partial charge in [-0.3, -0.25) is 14.4 Å². The lowest BCUT2D eigenvalue weighted by Gasteiger charge is -2.18. The van der Waals surface area contributed by atoms with Gasteiger partial charge < -0.3 is 14.2 Å². The van der Waals surface area contributed by atoms with Crippen molar-refractivity contribution in [3.05, 3.63) is 109 Å². The van der Waals surface area contributed by atoms with Crippen molar-refractivity contribution in [3.8, 4) is 0 Å². The molecular weight excluding hydrogens is 973 g/mol. The molecule has 452 valence electrons. The van der Waals surface area contributed by atoms with Gasteiger partial charge >= 0.3 is 17.9 Å². The fraction of sp³-hybridized carbons (Fsp3) is 0.712. The largest absolute Gasteiger partial charge is 0.462 e. The minimum atomic E-state index is -0.792. The molecule has 0 aromatic carbocycles. The first-order chi connectivity index (χ1) is 39.0. The summed E-state index contributed by atoms with van der Waals surface area (Å²) in [6.07, 6.45) is 90.9. The lowest BCUT2D eigenvalue weighted by Crippen LogP contribution is -2.30. The Morgan fingerprint density at radius 1 is 0.266 bits per heavy atom. The van der Waals surface area contributed by atoms with Gasteiger partial charge in [0, 0.05) is 19.3 Å². The van der Waals surface area contributed by atoms with Crippen LogP contribution in [0.3, 0.4) is 0 Å². The molecule has 0 N–H and O–H groups in total. The highest BCUT2D eigenvalue weighted by molar-refractivity contribution is 5.71. The van der Waals surface area contributed by atoms with E-state index >= 15 is 0 Å². The molecule has 0 saturated carbocycles. The second-order valence-electron chi connectivity index (χ2n) is 22.0. The van der Waals surface area contributed by atoms with Crippen molar-refractivity contribution in [1.29, 1.82) is 0 Å². The zero-order chi connectivity index (χ0) is 57.1. The molecule has 0 radical (unpaired) electrons. The number of carbonyl (C=O) groups is 3. The summed E-state index contributed by atoms with van der Waals surface area (Å²) in [7, 11) is 0. The number of hydrogen-bond donors (Lipinski definition) is 0. The van der Waals surface area contributed by atoms with E-state index < -0.39 is 6.10 Å². The van der Waals surface area contributed by atoms with Crippen molar-refractivity contribution in [2.24, 2.45) is 0 Å². The predicted octanol–water partition coefficient (Wildman–Crippen LogP) is 23.0. The first-order valence-corrected chi connectivity index (χ1v) is 33.4. The van der Waals surface area contributed by atoms with Crippen LogP contribution >= 0.6 is 0 Å². The van der Waals surface area contributed by atoms with Gasteiger partial charge in [-0.15, -0.1) is 0 Å². The highest BCUT2D eigenvalue weighted by Gasteiger charge is 2.19. The SMILES string of the molecule is CC/C=C\C/C=C\C/C=C\C/C=C\C/C=C\C/C=C\C/C=C\CCCCCCCC(=O)OCC(COC(=O)CCCCCCCCCCCCCCCCCC)OC(=O)CCCCCCCCC/C=C\C/C=C\CCCCCC. The Morgan fingerprint density at radius 3 is 0.785 bits per heavy atom. The molecule has 79 heavy (non-hydrogen) atoms. The molecule has 0 aliphatic heterocycles. The lowest BCUT2D eigenvalue weighted by atomic mass is 10.0. The molecule has 0 amide bonds. The molecule has 0 heterocycles. The first kappa shape index (κ1) is 75.1. The van der Waals surface area contributed by atoms with Crippen LogP contribution < -0.4 is 0 Å². The van der Waals surface area contributed by atoms with Crippen LogP contribution in [0.4, 0.5) is 0 Å². The summed E-state index contributed by atoms with van der Waals surface area (Å²) in [6.45, 7) is 6.52. The van der Waals surface area contributed by atoms with Crippen LogP contribution in [0.2, 0.25) is 0 Å². The maximum absolute atomic E-state index is 12.9. The van der Waals surface area contributed by atoms with Crippen LogP contribution in [0.15, 0.2) is 109 Å². The zero-order valence-corrected chi connectivity index (χ0v) is 51.9. The summed E-state index contributed by atoms with van der Waals surface area (Å²) in [5, 5.41) is 0. The number of rotatable bonds is 60. The number of esters is 3. The molecule has 0 bridgehead atoms. The Hall–Kier alpha value is -3.93. The van der Waals surface area contributed by atoms with Crippen LogP contribution in [0.25, 0.3) is 0 Å². The highest BCUT2D eigenvalue weighted by atomic mass is 16.6. The van der Waals surface area contributed by atoms with Crippen molar-refractivity contribution in [2.45, 2.75) is 322 Å². The van der Waals surface area contributed by atoms with Crippen LogP contribution in [-0.2, 0) is 28.6 Å². The van der Waals surface area contributed by atoms with E-state index in [1.807, 2.05) is 0 Å². The zero-order valence-electron chi connectivity index (χ0n) is 51.9. The van der Waals surface area contributed by atoms with E-state index in [4.69, 9.17) is 14.2 Å². The monoisotopic (exact) mass is 1100 g/mol. The van der Waals surface area contributed by atoms with Gasteiger partial charge in [0.15, 0.2) is 6.10 Å². The van der Waals surface area contributed by atoms with Gasteiger partial charge in [0.2, 0.25) is 0 Å². The normalized spacial score (nSPS) is 12.8. The van der Waals surface area contributed by atoms with E-state index in [0.717, 1.165) is 135 Å². The first-order valence-electron chi connectivity index (χ1n) is 33.4. The molecular formula is C73H124O6. The Bertz CT molecular complexity index is 1590. The molecule has 0 fully saturated rings. The molecule has 1 atom stereocenters. The number of allylic oxidation sites excluding steroid dienone is 18. The molecule has 6 nitrogen and oxygen atoms in total. The van der Waals surface area contributed by atoms with E-state index in [1.54, 1.807) is 0 Å². The van der Waals surface area contributed by atoms with Crippen molar-refractivity contribution in [2.75, 3.05) is 13.2 Å². The van der Waals surface area contributed by atoms with E-state index in [-0.39, 0.29) is 31.1 Å². The Morgan fingerprint density at radius 2 is 0.494 bits per heavy atom. The maximum Gasteiger partial charge on any atom is 0.306 e. The van der Waals surface area contributed by atoms with E-state index in [9.17, 15) is 14.4 Å². The van der Waals surface area contributed by atoms with Gasteiger partial charge in [-0.2, -0.15) is 0 Å². The smallest absolute Gasteiger partial charge is 0.306 e. The number of unbranched alkanes of at least 4 members (excludes halogenated alkanes) is 31. The number of hydrogen-bond acceptors (Lipinski definition) is 6. The second-order valence-corrected chi connectivity index (χ2v) is 22.0. The minimum Gasteiger partial charge on any atom is -0.462 e. The fourth-order valence-electron chi connectivity index (χ4n) is 9.28. The molecule has 0 aromatic rings. The van der Waals surface area contributed by atoms with Gasteiger partial charge in [0.1, 0.15) is 13.2 Å². The summed E-state index contributed by atoms with van der Waals surface area (Å²) in [4.78, 5) is 38.4. The predicted molar refractivity (Wildman–Crippen MR) is 343 cm³/mol. The standard InChI is InChI=1S/C73H124O6/c1-4-7-10-13-16-19-22-25-28-31-33-34-35-36-37-38-39-40-41-43-45-48-51-54-57-60-63-66-72(75)78-69-70(68-77-71(74)65-62-59-56-53-50-47-44-30-27-24-21-18-15-12-9-6-3)79-73(76)67-64-61-58-55-52-49-46-42-32-29-26-23-20-17-14-11-8-5-2/h7,10,16,19-20,23,25,28-29,32-34,36-37,39-40,43,45,70H,4-6,8-9,11-15,17-18,21-22,24,26-27,30-31,35,38,41-42,44,46-69H2,1-3H3/b10-7-,19-16-,23-20-,28-25-,32-29-,34-33-,37-36-,40-39-,45-43-. The molecule has 0 aromatic heterocycles. The molecule has 0 rings (SSSR count). The van der Waals surface area contributed by atoms with Crippen molar-refractivity contribution < 1.29 is 28.6 Å². The molecule has 6 heteroatoms. The van der Waals surface area contributed by atoms with E-state index in [0.29, 0.717) is 19.3 Å². The highest BCUT2D eigenvalue weighted by Crippen LogP contribution is 2.16. The summed E-state index contributed by atoms with van der Waals surface area (Å²) in [5.74, 6) is -0.902. The quantitative estimate of drug-likeness (QED) is 0.0261. The summed E-state index contributed by atoms with van der Waals surface area (Å²) >= 11 is 0. The number of carbonyl (C=O) groups excluding carboxylic acids is 3. The van der Waals surface area contributed by atoms with Gasteiger partial charge in [-0.1, -0.05) is 297 Å². The molecule has 0 spiro atoms. The average molecular weight is 1100 g/mol. The Kier molecular flexibility index (Phi) is 63.3. The fourth-order valence-corrected chi connectivity index (χ4v) is 9.28. The topological polar surface area (TPSA) is 78.9 Å². The van der Waals surface area contributed by atoms with E-state index in [2.05, 4.69) is 130 Å². The molecule has 0 aliphatic carbocycles. The lowest BCUT2D eigenvalue weighted by molar-refractivity contribution is -0.167. The Labute approximate surface area is 489 Å². The summed E-state index contributed by atoms with van der Waals surface area (Å²) in [6, 6.07) is 0. The minimum absolute atomic E-state index is 0.0858. The van der Waals surface area contributed by atoms with Crippen LogP contribution in [-0.4, -0.2) is 37.2 Å². The van der Waals surface area contributed by atoms with Crippen molar-refractivity contribution in [1.82, 2.24) is 0 Å². The van der Waals surface area contributed by atoms with Crippen LogP contribution in [0, 0.1) is 0 Å².